The average Bonchev–Trinajstić information content (AvgIpc) is 3.22. The van der Waals surface area contributed by atoms with Crippen molar-refractivity contribution in [3.8, 4) is 17.2 Å². The van der Waals surface area contributed by atoms with Gasteiger partial charge in [0.2, 0.25) is 22.7 Å². The molecule has 1 aliphatic rings. The number of hydrogen-bond donors (Lipinski definition) is 3. The van der Waals surface area contributed by atoms with E-state index in [2.05, 4.69) is 10.1 Å². The molecule has 1 saturated heterocycles. The summed E-state index contributed by atoms with van der Waals surface area (Å²) in [5.74, 6) is -5.42. The smallest absolute Gasteiger partial charge is 0.344 e. The highest BCUT2D eigenvalue weighted by atomic mass is 16.6. The Morgan fingerprint density at radius 1 is 0.831 bits per heavy atom. The third-order valence-electron chi connectivity index (χ3n) is 11.3. The molecule has 1 fully saturated rings. The summed E-state index contributed by atoms with van der Waals surface area (Å²) in [5, 5.41) is 21.7. The van der Waals surface area contributed by atoms with Gasteiger partial charge in [-0.2, -0.15) is 0 Å². The molecule has 2 amide bonds. The number of pyridine rings is 1. The van der Waals surface area contributed by atoms with Gasteiger partial charge in [0.15, 0.2) is 17.5 Å². The number of phenolic OH excluding ortho intramolecular Hbond substituents is 2. The number of carbonyl (C=O) groups excluding carboxylic acids is 4. The lowest BCUT2D eigenvalue weighted by Crippen LogP contribution is -2.63. The van der Waals surface area contributed by atoms with Crippen LogP contribution >= 0.6 is 0 Å². The van der Waals surface area contributed by atoms with Crippen LogP contribution in [0.1, 0.15) is 44.4 Å². The first-order valence-electron chi connectivity index (χ1n) is 18.5. The minimum atomic E-state index is -1.37. The molecule has 5 aromatic carbocycles. The van der Waals surface area contributed by atoms with Gasteiger partial charge in [-0.3, -0.25) is 33.6 Å². The summed E-state index contributed by atoms with van der Waals surface area (Å²) >= 11 is 0. The van der Waals surface area contributed by atoms with Crippen LogP contribution in [0.5, 0.6) is 17.2 Å². The molecular formula is C42H37N3O14. The minimum Gasteiger partial charge on any atom is -0.507 e. The number of aryl methyl sites for hydroxylation is 1. The molecule has 7 rings (SSSR count). The minimum absolute atomic E-state index is 0.0294. The summed E-state index contributed by atoms with van der Waals surface area (Å²) in [7, 11) is 2.30. The third-order valence-corrected chi connectivity index (χ3v) is 11.3. The number of carbonyl (C=O) groups is 4. The summed E-state index contributed by atoms with van der Waals surface area (Å²) in [5.41, 5.74) is -3.95. The van der Waals surface area contributed by atoms with Crippen LogP contribution < -0.4 is 37.3 Å². The zero-order valence-electron chi connectivity index (χ0n) is 32.6. The standard InChI is InChI=1S/C42H37N3O14/c1-7-16(2)23-12-21-30(41(55)45(23)14-25(47)44-13-22(43-40(54)18(44)4)42(56)59-15-26(48)57-5)36(51)28-19(34(21)49)9-10-20-29(28)37(52)32-33(39(20)58-6)35(50)27-17(3)8-11-24(46)31(27)38(32)53/h8-12,16,18,22,46,52H,7,13-15H2,1-6H3,(H,43,54). The number of amides is 2. The second-order valence-corrected chi connectivity index (χ2v) is 14.5. The van der Waals surface area contributed by atoms with E-state index in [0.717, 1.165) is 16.6 Å². The summed E-state index contributed by atoms with van der Waals surface area (Å²) in [6.45, 7) is 4.65. The number of benzene rings is 5. The number of rotatable bonds is 8. The number of fused-ring (bicyclic) bond motifs is 6. The van der Waals surface area contributed by atoms with Gasteiger partial charge in [-0.15, -0.1) is 0 Å². The molecule has 304 valence electrons. The predicted octanol–water partition coefficient (Wildman–Crippen LogP) is 1.60. The van der Waals surface area contributed by atoms with Gasteiger partial charge in [0.05, 0.1) is 42.3 Å². The maximum absolute atomic E-state index is 14.7. The number of esters is 2. The predicted molar refractivity (Wildman–Crippen MR) is 215 cm³/mol. The number of nitrogens with zero attached hydrogens (tertiary/aromatic N) is 2. The number of hydrogen-bond acceptors (Lipinski definition) is 14. The van der Waals surface area contributed by atoms with Crippen molar-refractivity contribution in [2.24, 2.45) is 0 Å². The van der Waals surface area contributed by atoms with Crippen LogP contribution in [0, 0.1) is 6.92 Å². The molecule has 1 aliphatic heterocycles. The number of nitrogens with one attached hydrogen (secondary N) is 1. The Labute approximate surface area is 331 Å². The van der Waals surface area contributed by atoms with Gasteiger partial charge in [-0.05, 0) is 56.0 Å². The molecule has 17 heteroatoms. The van der Waals surface area contributed by atoms with Crippen molar-refractivity contribution in [1.29, 1.82) is 0 Å². The van der Waals surface area contributed by atoms with Gasteiger partial charge in [0.25, 0.3) is 5.56 Å². The van der Waals surface area contributed by atoms with E-state index in [0.29, 0.717) is 12.0 Å². The quantitative estimate of drug-likeness (QED) is 0.113. The number of methoxy groups -OCH3 is 2. The highest BCUT2D eigenvalue weighted by Gasteiger charge is 2.39. The second-order valence-electron chi connectivity index (χ2n) is 14.5. The van der Waals surface area contributed by atoms with Gasteiger partial charge in [-0.1, -0.05) is 19.9 Å². The number of aromatic nitrogens is 1. The van der Waals surface area contributed by atoms with Crippen molar-refractivity contribution in [1.82, 2.24) is 14.8 Å². The molecule has 0 spiro atoms. The Morgan fingerprint density at radius 2 is 1.49 bits per heavy atom. The largest absolute Gasteiger partial charge is 0.507 e. The van der Waals surface area contributed by atoms with Crippen molar-refractivity contribution in [2.45, 2.75) is 58.7 Å². The van der Waals surface area contributed by atoms with Crippen molar-refractivity contribution in [3.05, 3.63) is 92.8 Å². The van der Waals surface area contributed by atoms with E-state index >= 15 is 0 Å². The van der Waals surface area contributed by atoms with E-state index in [-0.39, 0.29) is 49.1 Å². The lowest BCUT2D eigenvalue weighted by atomic mass is 9.90. The number of piperazine rings is 1. The Hall–Kier alpha value is -7.17. The molecule has 59 heavy (non-hydrogen) atoms. The van der Waals surface area contributed by atoms with Crippen LogP contribution in [0.15, 0.2) is 54.3 Å². The van der Waals surface area contributed by atoms with Crippen molar-refractivity contribution < 1.29 is 43.6 Å². The molecule has 1 aromatic heterocycles. The third kappa shape index (κ3) is 6.03. The van der Waals surface area contributed by atoms with Gasteiger partial charge >= 0.3 is 11.9 Å². The van der Waals surface area contributed by atoms with Gasteiger partial charge in [0.1, 0.15) is 35.9 Å². The zero-order valence-corrected chi connectivity index (χ0v) is 32.6. The lowest BCUT2D eigenvalue weighted by Gasteiger charge is -2.37. The van der Waals surface area contributed by atoms with Crippen LogP contribution in [0.2, 0.25) is 0 Å². The topological polar surface area (TPSA) is 242 Å². The normalized spacial score (nSPS) is 16.2. The van der Waals surface area contributed by atoms with Crippen molar-refractivity contribution in [3.63, 3.8) is 0 Å². The van der Waals surface area contributed by atoms with E-state index in [1.165, 1.54) is 44.4 Å². The van der Waals surface area contributed by atoms with E-state index in [4.69, 9.17) is 9.47 Å². The number of phenols is 2. The van der Waals surface area contributed by atoms with E-state index < -0.39 is 116 Å². The van der Waals surface area contributed by atoms with E-state index in [1.807, 2.05) is 0 Å². The fourth-order valence-electron chi connectivity index (χ4n) is 7.99. The average molecular weight is 808 g/mol. The molecule has 0 radical (unpaired) electrons. The summed E-state index contributed by atoms with van der Waals surface area (Å²) in [6.07, 6.45) is 0.427. The van der Waals surface area contributed by atoms with Crippen LogP contribution in [-0.4, -0.2) is 82.9 Å². The summed E-state index contributed by atoms with van der Waals surface area (Å²) in [6, 6.07) is 4.19. The Kier molecular flexibility index (Phi) is 9.94. The monoisotopic (exact) mass is 807 g/mol. The van der Waals surface area contributed by atoms with Gasteiger partial charge < -0.3 is 39.2 Å². The molecule has 17 nitrogen and oxygen atoms in total. The van der Waals surface area contributed by atoms with Crippen LogP contribution in [0.3, 0.4) is 0 Å². The zero-order chi connectivity index (χ0) is 42.9. The van der Waals surface area contributed by atoms with Gasteiger partial charge in [0, 0.05) is 38.0 Å². The first-order chi connectivity index (χ1) is 28.0. The molecule has 3 unspecified atom stereocenters. The molecule has 0 bridgehead atoms. The Balaban J connectivity index is 1.48. The number of aromatic hydroxyl groups is 2. The second kappa shape index (κ2) is 14.6. The van der Waals surface area contributed by atoms with Crippen molar-refractivity contribution >= 4 is 77.6 Å². The number of ether oxygens (including phenoxy) is 3. The molecular weight excluding hydrogens is 770 g/mol. The van der Waals surface area contributed by atoms with Crippen LogP contribution in [0.4, 0.5) is 0 Å². The molecule has 2 heterocycles. The molecule has 3 atom stereocenters. The Bertz CT molecular complexity index is 3160. The molecule has 3 N–H and O–H groups in total. The van der Waals surface area contributed by atoms with Crippen LogP contribution in [0.25, 0.3) is 53.9 Å². The first kappa shape index (κ1) is 40.0. The SMILES string of the molecule is CCC(C)c1cc2c(=O)c3ccc4c(OC)c5c(=O)c6c(C)ccc(O)c6c(=O)c5c(O)c4c3c(=O)c2c(=O)n1CC(=O)N1CC(C(=O)OCC(=O)OC)NC(=O)C1C. The van der Waals surface area contributed by atoms with E-state index in [9.17, 15) is 53.4 Å². The summed E-state index contributed by atoms with van der Waals surface area (Å²) < 4.78 is 16.0. The van der Waals surface area contributed by atoms with Crippen LogP contribution in [-0.2, 0) is 35.2 Å². The van der Waals surface area contributed by atoms with Crippen molar-refractivity contribution in [2.75, 3.05) is 27.4 Å². The molecule has 0 aliphatic carbocycles. The fraction of sp³-hybridized carbons (Fsp3) is 0.310. The maximum Gasteiger partial charge on any atom is 0.344 e. The first-order valence-corrected chi connectivity index (χ1v) is 18.5. The summed E-state index contributed by atoms with van der Waals surface area (Å²) in [4.78, 5) is 124. The molecule has 0 saturated carbocycles. The Morgan fingerprint density at radius 3 is 2.15 bits per heavy atom. The van der Waals surface area contributed by atoms with Gasteiger partial charge in [-0.25, -0.2) is 9.59 Å². The maximum atomic E-state index is 14.7. The molecule has 6 aromatic rings. The highest BCUT2D eigenvalue weighted by Crippen LogP contribution is 2.43. The van der Waals surface area contributed by atoms with E-state index in [1.54, 1.807) is 20.8 Å². The lowest BCUT2D eigenvalue weighted by molar-refractivity contribution is -0.161. The fourth-order valence-corrected chi connectivity index (χ4v) is 7.99. The highest BCUT2D eigenvalue weighted by molar-refractivity contribution is 6.23.